The number of ether oxygens (including phenoxy) is 1. The number of hydrogen-bond donors (Lipinski definition) is 1. The first-order valence-corrected chi connectivity index (χ1v) is 6.91. The topological polar surface area (TPSA) is 66.8 Å². The van der Waals surface area contributed by atoms with Crippen molar-refractivity contribution in [3.63, 3.8) is 0 Å². The number of aliphatic hydroxyl groups is 1. The van der Waals surface area contributed by atoms with Gasteiger partial charge in [0.25, 0.3) is 5.91 Å². The van der Waals surface area contributed by atoms with E-state index < -0.39 is 5.91 Å². The molecule has 5 heteroatoms. The van der Waals surface area contributed by atoms with E-state index in [1.54, 1.807) is 31.4 Å². The van der Waals surface area contributed by atoms with Gasteiger partial charge >= 0.3 is 0 Å². The van der Waals surface area contributed by atoms with Gasteiger partial charge in [0.2, 0.25) is 0 Å². The summed E-state index contributed by atoms with van der Waals surface area (Å²) in [5.41, 5.74) is 0.305. The van der Waals surface area contributed by atoms with E-state index in [2.05, 4.69) is 0 Å². The Balaban J connectivity index is 2.37. The van der Waals surface area contributed by atoms with Crippen LogP contribution in [0, 0.1) is 0 Å². The molecule has 1 amide bonds. The van der Waals surface area contributed by atoms with Gasteiger partial charge in [0, 0.05) is 11.6 Å². The summed E-state index contributed by atoms with van der Waals surface area (Å²) in [7, 11) is 1.54. The number of Topliss-reactive ketones (excluding diaryl/α,β-unsaturated/α-hetero) is 1. The number of amides is 1. The van der Waals surface area contributed by atoms with Crippen LogP contribution in [-0.4, -0.2) is 41.4 Å². The number of nitrogens with zero attached hydrogens (tertiary/aromatic N) is 1. The maximum absolute atomic E-state index is 12.3. The number of ketones is 1. The van der Waals surface area contributed by atoms with Gasteiger partial charge in [-0.2, -0.15) is 0 Å². The number of rotatable bonds is 4. The van der Waals surface area contributed by atoms with Crippen molar-refractivity contribution < 1.29 is 19.4 Å². The molecule has 0 radical (unpaired) electrons. The van der Waals surface area contributed by atoms with Crippen LogP contribution in [-0.2, 0) is 9.59 Å². The van der Waals surface area contributed by atoms with Crippen molar-refractivity contribution in [2.45, 2.75) is 26.3 Å². The number of carbonyl (C=O) groups excluding carboxylic acids is 2. The molecule has 1 N–H and O–H groups in total. The zero-order valence-electron chi connectivity index (χ0n) is 12.4. The van der Waals surface area contributed by atoms with Gasteiger partial charge in [-0.1, -0.05) is 6.92 Å². The van der Waals surface area contributed by atoms with Crippen LogP contribution < -0.4 is 4.74 Å². The second-order valence-corrected chi connectivity index (χ2v) is 5.07. The Morgan fingerprint density at radius 1 is 1.33 bits per heavy atom. The maximum Gasteiger partial charge on any atom is 0.262 e. The summed E-state index contributed by atoms with van der Waals surface area (Å²) in [6.45, 7) is 3.87. The molecule has 1 heterocycles. The van der Waals surface area contributed by atoms with Gasteiger partial charge in [-0.25, -0.2) is 0 Å². The molecule has 1 unspecified atom stereocenters. The van der Waals surface area contributed by atoms with Crippen LogP contribution in [0.3, 0.4) is 0 Å². The Hall–Kier alpha value is -2.30. The molecular weight excluding hydrogens is 270 g/mol. The van der Waals surface area contributed by atoms with Gasteiger partial charge in [-0.05, 0) is 37.6 Å². The quantitative estimate of drug-likeness (QED) is 0.524. The van der Waals surface area contributed by atoms with Crippen molar-refractivity contribution in [1.82, 2.24) is 4.90 Å². The standard InChI is InChI=1S/C16H19NO4/c1-4-10(2)17-9-13(18)14(16(17)20)15(19)11-5-7-12(21-3)8-6-11/h5-8,10,19H,4,9H2,1-3H3/b15-14-. The molecular formula is C16H19NO4. The summed E-state index contributed by atoms with van der Waals surface area (Å²) < 4.78 is 5.04. The van der Waals surface area contributed by atoms with E-state index in [-0.39, 0.29) is 29.7 Å². The Kier molecular flexibility index (Phi) is 4.31. The van der Waals surface area contributed by atoms with E-state index in [9.17, 15) is 14.7 Å². The van der Waals surface area contributed by atoms with Gasteiger partial charge in [0.1, 0.15) is 17.1 Å². The molecule has 21 heavy (non-hydrogen) atoms. The fourth-order valence-corrected chi connectivity index (χ4v) is 2.27. The normalized spacial score (nSPS) is 18.9. The van der Waals surface area contributed by atoms with Crippen molar-refractivity contribution >= 4 is 17.4 Å². The number of likely N-dealkylation sites (tertiary alicyclic amines) is 1. The first kappa shape index (κ1) is 15.1. The van der Waals surface area contributed by atoms with Crippen LogP contribution in [0.5, 0.6) is 5.75 Å². The van der Waals surface area contributed by atoms with Crippen molar-refractivity contribution in [1.29, 1.82) is 0 Å². The average Bonchev–Trinajstić information content (AvgIpc) is 2.80. The van der Waals surface area contributed by atoms with Gasteiger partial charge < -0.3 is 14.7 Å². The highest BCUT2D eigenvalue weighted by molar-refractivity contribution is 6.28. The van der Waals surface area contributed by atoms with Crippen LogP contribution in [0.4, 0.5) is 0 Å². The fraction of sp³-hybridized carbons (Fsp3) is 0.375. The molecule has 1 aliphatic heterocycles. The number of aliphatic hydroxyl groups excluding tert-OH is 1. The average molecular weight is 289 g/mol. The van der Waals surface area contributed by atoms with E-state index in [1.165, 1.54) is 4.90 Å². The molecule has 2 rings (SSSR count). The highest BCUT2D eigenvalue weighted by atomic mass is 16.5. The van der Waals surface area contributed by atoms with Crippen LogP contribution >= 0.6 is 0 Å². The molecule has 0 bridgehead atoms. The van der Waals surface area contributed by atoms with E-state index in [4.69, 9.17) is 4.74 Å². The first-order chi connectivity index (χ1) is 9.99. The largest absolute Gasteiger partial charge is 0.506 e. The predicted molar refractivity (Wildman–Crippen MR) is 79.0 cm³/mol. The highest BCUT2D eigenvalue weighted by Crippen LogP contribution is 2.26. The third-order valence-corrected chi connectivity index (χ3v) is 3.79. The summed E-state index contributed by atoms with van der Waals surface area (Å²) in [6, 6.07) is 6.55. The summed E-state index contributed by atoms with van der Waals surface area (Å²) in [4.78, 5) is 25.9. The zero-order valence-corrected chi connectivity index (χ0v) is 12.4. The lowest BCUT2D eigenvalue weighted by atomic mass is 10.1. The Morgan fingerprint density at radius 2 is 1.95 bits per heavy atom. The van der Waals surface area contributed by atoms with Gasteiger partial charge in [0.05, 0.1) is 13.7 Å². The van der Waals surface area contributed by atoms with E-state index in [0.29, 0.717) is 11.3 Å². The lowest BCUT2D eigenvalue weighted by Crippen LogP contribution is -2.34. The second-order valence-electron chi connectivity index (χ2n) is 5.07. The minimum atomic E-state index is -0.400. The molecule has 1 aromatic carbocycles. The number of carbonyl (C=O) groups is 2. The predicted octanol–water partition coefficient (Wildman–Crippen LogP) is 2.17. The van der Waals surface area contributed by atoms with E-state index >= 15 is 0 Å². The van der Waals surface area contributed by atoms with Crippen molar-refractivity contribution in [3.8, 4) is 5.75 Å². The lowest BCUT2D eigenvalue weighted by molar-refractivity contribution is -0.126. The van der Waals surface area contributed by atoms with Gasteiger partial charge in [-0.15, -0.1) is 0 Å². The molecule has 1 saturated heterocycles. The lowest BCUT2D eigenvalue weighted by Gasteiger charge is -2.21. The van der Waals surface area contributed by atoms with Crippen LogP contribution in [0.1, 0.15) is 25.8 Å². The minimum Gasteiger partial charge on any atom is -0.506 e. The number of methoxy groups -OCH3 is 1. The molecule has 112 valence electrons. The molecule has 0 spiro atoms. The monoisotopic (exact) mass is 289 g/mol. The maximum atomic E-state index is 12.3. The van der Waals surface area contributed by atoms with E-state index in [0.717, 1.165) is 6.42 Å². The SMILES string of the molecule is CCC(C)N1CC(=O)/C(=C(/O)c2ccc(OC)cc2)C1=O. The molecule has 0 aliphatic carbocycles. The molecule has 0 saturated carbocycles. The summed E-state index contributed by atoms with van der Waals surface area (Å²) in [5.74, 6) is -0.364. The van der Waals surface area contributed by atoms with Crippen molar-refractivity contribution in [2.24, 2.45) is 0 Å². The smallest absolute Gasteiger partial charge is 0.262 e. The van der Waals surface area contributed by atoms with Gasteiger partial charge in [0.15, 0.2) is 5.78 Å². The highest BCUT2D eigenvalue weighted by Gasteiger charge is 2.38. The number of benzene rings is 1. The molecule has 1 atom stereocenters. The summed E-state index contributed by atoms with van der Waals surface area (Å²) in [5, 5.41) is 10.3. The molecule has 1 fully saturated rings. The Morgan fingerprint density at radius 3 is 2.48 bits per heavy atom. The van der Waals surface area contributed by atoms with Gasteiger partial charge in [-0.3, -0.25) is 9.59 Å². The fourth-order valence-electron chi connectivity index (χ4n) is 2.27. The number of hydrogen-bond acceptors (Lipinski definition) is 4. The van der Waals surface area contributed by atoms with E-state index in [1.807, 2.05) is 13.8 Å². The van der Waals surface area contributed by atoms with Crippen LogP contribution in [0.15, 0.2) is 29.8 Å². The third kappa shape index (κ3) is 2.77. The Bertz CT molecular complexity index is 589. The Labute approximate surface area is 123 Å². The summed E-state index contributed by atoms with van der Waals surface area (Å²) in [6.07, 6.45) is 0.760. The van der Waals surface area contributed by atoms with Crippen LogP contribution in [0.25, 0.3) is 5.76 Å². The summed E-state index contributed by atoms with van der Waals surface area (Å²) >= 11 is 0. The van der Waals surface area contributed by atoms with Crippen molar-refractivity contribution in [2.75, 3.05) is 13.7 Å². The molecule has 0 aromatic heterocycles. The second kappa shape index (κ2) is 5.99. The minimum absolute atomic E-state index is 0.0254. The van der Waals surface area contributed by atoms with Crippen LogP contribution in [0.2, 0.25) is 0 Å². The molecule has 1 aliphatic rings. The van der Waals surface area contributed by atoms with Crippen molar-refractivity contribution in [3.05, 3.63) is 35.4 Å². The third-order valence-electron chi connectivity index (χ3n) is 3.79. The zero-order chi connectivity index (χ0) is 15.6. The first-order valence-electron chi connectivity index (χ1n) is 6.91. The molecule has 5 nitrogen and oxygen atoms in total. The molecule has 1 aromatic rings.